The standard InChI is InChI=1S/C17H21N3O6S/c1-12-9-20(7-8-25-12)16(21)11-27(22,23)10-15-18-17(19-26-15)13-5-3-4-6-14(13)24-2/h3-6,12H,7-11H2,1-2H3. The fourth-order valence-electron chi connectivity index (χ4n) is 2.82. The first-order valence-corrected chi connectivity index (χ1v) is 10.3. The first-order valence-electron chi connectivity index (χ1n) is 8.44. The molecule has 0 bridgehead atoms. The third-order valence-corrected chi connectivity index (χ3v) is 5.47. The van der Waals surface area contributed by atoms with Gasteiger partial charge in [-0.1, -0.05) is 17.3 Å². The van der Waals surface area contributed by atoms with Gasteiger partial charge < -0.3 is 18.9 Å². The molecule has 0 saturated carbocycles. The first kappa shape index (κ1) is 19.3. The van der Waals surface area contributed by atoms with Crippen LogP contribution in [0, 0.1) is 0 Å². The minimum absolute atomic E-state index is 0.0703. The summed E-state index contributed by atoms with van der Waals surface area (Å²) in [5, 5.41) is 3.82. The summed E-state index contributed by atoms with van der Waals surface area (Å²) in [5.74, 6) is -0.851. The number of hydrogen-bond donors (Lipinski definition) is 0. The summed E-state index contributed by atoms with van der Waals surface area (Å²) in [4.78, 5) is 17.9. The number of para-hydroxylation sites is 1. The van der Waals surface area contributed by atoms with Crippen LogP contribution < -0.4 is 4.74 Å². The zero-order valence-corrected chi connectivity index (χ0v) is 15.9. The molecule has 1 fully saturated rings. The molecule has 2 aromatic rings. The maximum absolute atomic E-state index is 12.4. The van der Waals surface area contributed by atoms with Gasteiger partial charge in [-0.05, 0) is 19.1 Å². The van der Waals surface area contributed by atoms with E-state index >= 15 is 0 Å². The van der Waals surface area contributed by atoms with Gasteiger partial charge in [-0.2, -0.15) is 4.98 Å². The molecule has 10 heteroatoms. The van der Waals surface area contributed by atoms with Crippen LogP contribution in [0.1, 0.15) is 12.8 Å². The Labute approximate surface area is 157 Å². The van der Waals surface area contributed by atoms with Crippen LogP contribution in [0.5, 0.6) is 5.75 Å². The quantitative estimate of drug-likeness (QED) is 0.709. The van der Waals surface area contributed by atoms with Crippen LogP contribution in [0.3, 0.4) is 0 Å². The summed E-state index contributed by atoms with van der Waals surface area (Å²) in [5.41, 5.74) is 0.589. The minimum atomic E-state index is -3.74. The third kappa shape index (κ3) is 4.83. The zero-order chi connectivity index (χ0) is 19.4. The average molecular weight is 395 g/mol. The lowest BCUT2D eigenvalue weighted by Crippen LogP contribution is -2.46. The molecular weight excluding hydrogens is 374 g/mol. The molecule has 1 amide bonds. The molecule has 0 radical (unpaired) electrons. The number of morpholine rings is 1. The van der Waals surface area contributed by atoms with E-state index in [-0.39, 0.29) is 17.8 Å². The topological polar surface area (TPSA) is 112 Å². The largest absolute Gasteiger partial charge is 0.496 e. The number of amides is 1. The normalized spacial score (nSPS) is 17.7. The van der Waals surface area contributed by atoms with Gasteiger partial charge >= 0.3 is 0 Å². The van der Waals surface area contributed by atoms with Gasteiger partial charge in [0.05, 0.1) is 25.4 Å². The van der Waals surface area contributed by atoms with Gasteiger partial charge in [-0.25, -0.2) is 8.42 Å². The fourth-order valence-corrected chi connectivity index (χ4v) is 3.97. The number of benzene rings is 1. The van der Waals surface area contributed by atoms with Crippen molar-refractivity contribution >= 4 is 15.7 Å². The van der Waals surface area contributed by atoms with E-state index in [1.54, 1.807) is 24.3 Å². The molecular formula is C17H21N3O6S. The number of hydrogen-bond acceptors (Lipinski definition) is 8. The van der Waals surface area contributed by atoms with Gasteiger partial charge in [-0.15, -0.1) is 0 Å². The lowest BCUT2D eigenvalue weighted by Gasteiger charge is -2.31. The number of rotatable bonds is 6. The van der Waals surface area contributed by atoms with Gasteiger partial charge in [0.1, 0.15) is 17.3 Å². The average Bonchev–Trinajstić information content (AvgIpc) is 3.08. The van der Waals surface area contributed by atoms with E-state index in [1.807, 2.05) is 6.92 Å². The van der Waals surface area contributed by atoms with E-state index in [4.69, 9.17) is 14.0 Å². The maximum Gasteiger partial charge on any atom is 0.242 e. The summed E-state index contributed by atoms with van der Waals surface area (Å²) >= 11 is 0. The monoisotopic (exact) mass is 395 g/mol. The molecule has 0 aliphatic carbocycles. The van der Waals surface area contributed by atoms with Crippen molar-refractivity contribution in [3.8, 4) is 17.1 Å². The Balaban J connectivity index is 1.68. The Kier molecular flexibility index (Phi) is 5.76. The highest BCUT2D eigenvalue weighted by molar-refractivity contribution is 7.91. The molecule has 9 nitrogen and oxygen atoms in total. The van der Waals surface area contributed by atoms with Crippen molar-refractivity contribution in [3.63, 3.8) is 0 Å². The summed E-state index contributed by atoms with van der Waals surface area (Å²) < 4.78 is 40.4. The van der Waals surface area contributed by atoms with Gasteiger partial charge in [-0.3, -0.25) is 4.79 Å². The van der Waals surface area contributed by atoms with Gasteiger partial charge in [0.25, 0.3) is 0 Å². The van der Waals surface area contributed by atoms with Crippen LogP contribution >= 0.6 is 0 Å². The number of sulfone groups is 1. The Morgan fingerprint density at radius 3 is 2.89 bits per heavy atom. The number of methoxy groups -OCH3 is 1. The van der Waals surface area contributed by atoms with Crippen LogP contribution in [0.4, 0.5) is 0 Å². The maximum atomic E-state index is 12.4. The Bertz CT molecular complexity index is 911. The highest BCUT2D eigenvalue weighted by Crippen LogP contribution is 2.27. The molecule has 1 aliphatic rings. The van der Waals surface area contributed by atoms with Crippen molar-refractivity contribution in [2.45, 2.75) is 18.8 Å². The SMILES string of the molecule is COc1ccccc1-c1noc(CS(=O)(=O)CC(=O)N2CCOC(C)C2)n1. The molecule has 146 valence electrons. The van der Waals surface area contributed by atoms with Crippen LogP contribution in [0.15, 0.2) is 28.8 Å². The number of carbonyl (C=O) groups excluding carboxylic acids is 1. The van der Waals surface area contributed by atoms with Crippen molar-refractivity contribution in [1.82, 2.24) is 15.0 Å². The minimum Gasteiger partial charge on any atom is -0.496 e. The molecule has 27 heavy (non-hydrogen) atoms. The first-order chi connectivity index (χ1) is 12.9. The van der Waals surface area contributed by atoms with Crippen molar-refractivity contribution in [2.24, 2.45) is 0 Å². The van der Waals surface area contributed by atoms with E-state index in [0.717, 1.165) is 0 Å². The van der Waals surface area contributed by atoms with E-state index in [1.165, 1.54) is 12.0 Å². The summed E-state index contributed by atoms with van der Waals surface area (Å²) in [6.07, 6.45) is -0.107. The lowest BCUT2D eigenvalue weighted by molar-refractivity contribution is -0.135. The van der Waals surface area contributed by atoms with Crippen molar-refractivity contribution < 1.29 is 27.2 Å². The molecule has 1 atom stereocenters. The molecule has 1 unspecified atom stereocenters. The van der Waals surface area contributed by atoms with Crippen LogP contribution in [0.25, 0.3) is 11.4 Å². The number of nitrogens with zero attached hydrogens (tertiary/aromatic N) is 3. The second kappa shape index (κ2) is 8.05. The summed E-state index contributed by atoms with van der Waals surface area (Å²) in [6, 6.07) is 7.06. The van der Waals surface area contributed by atoms with E-state index in [0.29, 0.717) is 31.0 Å². The molecule has 1 aromatic heterocycles. The lowest BCUT2D eigenvalue weighted by atomic mass is 10.2. The smallest absolute Gasteiger partial charge is 0.242 e. The molecule has 2 heterocycles. The molecule has 3 rings (SSSR count). The van der Waals surface area contributed by atoms with E-state index in [9.17, 15) is 13.2 Å². The zero-order valence-electron chi connectivity index (χ0n) is 15.1. The van der Waals surface area contributed by atoms with Crippen LogP contribution in [0.2, 0.25) is 0 Å². The van der Waals surface area contributed by atoms with Crippen LogP contribution in [-0.4, -0.2) is 68.0 Å². The predicted octanol–water partition coefficient (Wildman–Crippen LogP) is 0.907. The highest BCUT2D eigenvalue weighted by atomic mass is 32.2. The van der Waals surface area contributed by atoms with Crippen LogP contribution in [-0.2, 0) is 25.1 Å². The number of carbonyl (C=O) groups is 1. The van der Waals surface area contributed by atoms with E-state index < -0.39 is 27.3 Å². The highest BCUT2D eigenvalue weighted by Gasteiger charge is 2.27. The van der Waals surface area contributed by atoms with Crippen molar-refractivity contribution in [3.05, 3.63) is 30.2 Å². The number of aromatic nitrogens is 2. The van der Waals surface area contributed by atoms with Gasteiger partial charge in [0.15, 0.2) is 9.84 Å². The Morgan fingerprint density at radius 2 is 2.15 bits per heavy atom. The second-order valence-corrected chi connectivity index (χ2v) is 8.33. The van der Waals surface area contributed by atoms with Crippen molar-refractivity contribution in [2.75, 3.05) is 32.6 Å². The second-order valence-electron chi connectivity index (χ2n) is 6.27. The third-order valence-electron chi connectivity index (χ3n) is 4.10. The number of ether oxygens (including phenoxy) is 2. The Hall–Kier alpha value is -2.46. The molecule has 1 saturated heterocycles. The summed E-state index contributed by atoms with van der Waals surface area (Å²) in [6.45, 7) is 3.01. The van der Waals surface area contributed by atoms with E-state index in [2.05, 4.69) is 10.1 Å². The van der Waals surface area contributed by atoms with Gasteiger partial charge in [0.2, 0.25) is 17.6 Å². The molecule has 0 N–H and O–H groups in total. The molecule has 1 aromatic carbocycles. The molecule has 0 spiro atoms. The Morgan fingerprint density at radius 1 is 1.37 bits per heavy atom. The van der Waals surface area contributed by atoms with Crippen molar-refractivity contribution in [1.29, 1.82) is 0 Å². The molecule has 1 aliphatic heterocycles. The van der Waals surface area contributed by atoms with Gasteiger partial charge in [0, 0.05) is 13.1 Å². The summed E-state index contributed by atoms with van der Waals surface area (Å²) in [7, 11) is -2.23. The fraction of sp³-hybridized carbons (Fsp3) is 0.471. The predicted molar refractivity (Wildman–Crippen MR) is 95.8 cm³/mol.